The zero-order chi connectivity index (χ0) is 21.5. The van der Waals surface area contributed by atoms with Crippen LogP contribution >= 0.6 is 0 Å². The number of carbonyl (C=O) groups is 1. The Bertz CT molecular complexity index is 841. The summed E-state index contributed by atoms with van der Waals surface area (Å²) in [5.41, 5.74) is 1.23. The molecule has 4 rings (SSSR count). The second kappa shape index (κ2) is 8.29. The largest absolute Gasteiger partial charge is 0.496 e. The maximum Gasteiger partial charge on any atom is 0.311 e. The molecule has 2 fully saturated rings. The monoisotopic (exact) mass is 416 g/mol. The van der Waals surface area contributed by atoms with Crippen molar-refractivity contribution >= 4 is 17.4 Å². The van der Waals surface area contributed by atoms with Crippen molar-refractivity contribution in [2.24, 2.45) is 22.7 Å². The van der Waals surface area contributed by atoms with Gasteiger partial charge < -0.3 is 19.3 Å². The number of ether oxygens (including phenoxy) is 3. The second-order valence-electron chi connectivity index (χ2n) is 8.63. The molecular formula is C23H32N2O5. The Hall–Kier alpha value is -1.96. The molecule has 1 aromatic carbocycles. The van der Waals surface area contributed by atoms with Crippen molar-refractivity contribution in [1.29, 1.82) is 0 Å². The van der Waals surface area contributed by atoms with Crippen LogP contribution in [0.2, 0.25) is 0 Å². The number of aliphatic hydroxyl groups is 1. The van der Waals surface area contributed by atoms with Crippen LogP contribution in [-0.2, 0) is 19.9 Å². The van der Waals surface area contributed by atoms with Crippen LogP contribution in [-0.4, -0.2) is 68.8 Å². The normalized spacial score (nSPS) is 31.2. The van der Waals surface area contributed by atoms with Gasteiger partial charge in [-0.25, -0.2) is 0 Å². The molecule has 7 nitrogen and oxygen atoms in total. The van der Waals surface area contributed by atoms with Gasteiger partial charge in [-0.05, 0) is 36.8 Å². The van der Waals surface area contributed by atoms with E-state index in [2.05, 4.69) is 11.8 Å². The van der Waals surface area contributed by atoms with E-state index in [1.54, 1.807) is 14.2 Å². The third kappa shape index (κ3) is 3.24. The summed E-state index contributed by atoms with van der Waals surface area (Å²) in [6, 6.07) is 5.70. The summed E-state index contributed by atoms with van der Waals surface area (Å²) in [6.07, 6.45) is 2.32. The number of esters is 1. The van der Waals surface area contributed by atoms with E-state index in [4.69, 9.17) is 19.2 Å². The number of benzene rings is 1. The summed E-state index contributed by atoms with van der Waals surface area (Å²) in [6.45, 7) is 4.18. The third-order valence-corrected chi connectivity index (χ3v) is 7.28. The molecule has 7 heteroatoms. The van der Waals surface area contributed by atoms with E-state index in [0.29, 0.717) is 24.7 Å². The first-order chi connectivity index (χ1) is 14.5. The molecule has 3 aliphatic heterocycles. The van der Waals surface area contributed by atoms with Gasteiger partial charge in [0.05, 0.1) is 49.7 Å². The summed E-state index contributed by atoms with van der Waals surface area (Å²) >= 11 is 0. The number of hydrogen-bond donors (Lipinski definition) is 1. The molecule has 1 unspecified atom stereocenters. The van der Waals surface area contributed by atoms with Crippen molar-refractivity contribution in [1.82, 2.24) is 4.90 Å². The van der Waals surface area contributed by atoms with Crippen LogP contribution in [0.5, 0.6) is 5.75 Å². The Morgan fingerprint density at radius 2 is 2.17 bits per heavy atom. The highest BCUT2D eigenvalue weighted by Gasteiger charge is 2.54. The Balaban J connectivity index is 1.69. The van der Waals surface area contributed by atoms with Gasteiger partial charge in [-0.1, -0.05) is 19.4 Å². The van der Waals surface area contributed by atoms with Crippen LogP contribution in [0.4, 0.5) is 5.69 Å². The molecule has 0 radical (unpaired) electrons. The van der Waals surface area contributed by atoms with E-state index in [1.807, 2.05) is 18.2 Å². The summed E-state index contributed by atoms with van der Waals surface area (Å²) in [5.74, 6) is 0.608. The van der Waals surface area contributed by atoms with Crippen molar-refractivity contribution in [3.8, 4) is 5.75 Å². The molecule has 3 aliphatic rings. The first kappa shape index (κ1) is 21.3. The van der Waals surface area contributed by atoms with Crippen LogP contribution in [0.1, 0.15) is 31.7 Å². The number of hydrogen-bond acceptors (Lipinski definition) is 7. The molecule has 3 heterocycles. The lowest BCUT2D eigenvalue weighted by Gasteiger charge is -2.51. The predicted octanol–water partition coefficient (Wildman–Crippen LogP) is 2.52. The quantitative estimate of drug-likeness (QED) is 0.718. The molecule has 0 spiro atoms. The first-order valence-corrected chi connectivity index (χ1v) is 10.8. The van der Waals surface area contributed by atoms with E-state index >= 15 is 0 Å². The summed E-state index contributed by atoms with van der Waals surface area (Å²) in [5, 5.41) is 11.8. The number of methoxy groups -OCH3 is 3. The second-order valence-corrected chi connectivity index (χ2v) is 8.63. The van der Waals surface area contributed by atoms with Gasteiger partial charge in [0, 0.05) is 20.2 Å². The van der Waals surface area contributed by atoms with Gasteiger partial charge in [0.1, 0.15) is 11.4 Å². The molecule has 0 aromatic heterocycles. The number of piperidine rings is 2. The van der Waals surface area contributed by atoms with E-state index in [9.17, 15) is 9.90 Å². The fourth-order valence-corrected chi connectivity index (χ4v) is 5.77. The molecule has 0 amide bonds. The van der Waals surface area contributed by atoms with Crippen molar-refractivity contribution in [2.75, 3.05) is 41.0 Å². The van der Waals surface area contributed by atoms with Gasteiger partial charge in [-0.15, -0.1) is 0 Å². The Kier molecular flexibility index (Phi) is 5.88. The maximum atomic E-state index is 12.6. The van der Waals surface area contributed by atoms with Gasteiger partial charge in [-0.3, -0.25) is 14.7 Å². The van der Waals surface area contributed by atoms with Crippen molar-refractivity contribution in [3.63, 3.8) is 0 Å². The minimum Gasteiger partial charge on any atom is -0.496 e. The number of carbonyl (C=O) groups excluding carboxylic acids is 1. The highest BCUT2D eigenvalue weighted by molar-refractivity contribution is 6.05. The van der Waals surface area contributed by atoms with Gasteiger partial charge in [0.15, 0.2) is 0 Å². The van der Waals surface area contributed by atoms with E-state index in [1.165, 1.54) is 7.11 Å². The highest BCUT2D eigenvalue weighted by Crippen LogP contribution is 2.51. The molecule has 0 saturated carbocycles. The lowest BCUT2D eigenvalue weighted by molar-refractivity contribution is -0.152. The molecule has 5 atom stereocenters. The molecule has 164 valence electrons. The van der Waals surface area contributed by atoms with Crippen LogP contribution < -0.4 is 4.74 Å². The SMILES string of the molecule is CC[C@@H]1CN2CC[C@@]3(O)C(=Nc4cccc(OC)c43)[C@@H]2C[C@@H]1C(COC)C(=O)OC. The van der Waals surface area contributed by atoms with E-state index < -0.39 is 5.60 Å². The molecule has 30 heavy (non-hydrogen) atoms. The predicted molar refractivity (Wildman–Crippen MR) is 113 cm³/mol. The summed E-state index contributed by atoms with van der Waals surface area (Å²) in [7, 11) is 4.68. The van der Waals surface area contributed by atoms with Gasteiger partial charge >= 0.3 is 5.97 Å². The van der Waals surface area contributed by atoms with Gasteiger partial charge in [0.2, 0.25) is 0 Å². The third-order valence-electron chi connectivity index (χ3n) is 7.28. The van der Waals surface area contributed by atoms with Crippen LogP contribution in [0.15, 0.2) is 23.2 Å². The summed E-state index contributed by atoms with van der Waals surface area (Å²) in [4.78, 5) is 19.9. The Labute approximate surface area is 178 Å². The Morgan fingerprint density at radius 1 is 1.37 bits per heavy atom. The van der Waals surface area contributed by atoms with Gasteiger partial charge in [-0.2, -0.15) is 0 Å². The molecule has 0 bridgehead atoms. The maximum absolute atomic E-state index is 12.6. The lowest BCUT2D eigenvalue weighted by Crippen LogP contribution is -2.61. The Morgan fingerprint density at radius 3 is 2.83 bits per heavy atom. The number of aliphatic imine (C=N–C) groups is 1. The average Bonchev–Trinajstić information content (AvgIpc) is 3.09. The summed E-state index contributed by atoms with van der Waals surface area (Å²) < 4.78 is 16.0. The van der Waals surface area contributed by atoms with E-state index in [0.717, 1.165) is 42.9 Å². The molecule has 1 N–H and O–H groups in total. The fourth-order valence-electron chi connectivity index (χ4n) is 5.77. The minimum absolute atomic E-state index is 0.0160. The highest BCUT2D eigenvalue weighted by atomic mass is 16.5. The molecular weight excluding hydrogens is 384 g/mol. The van der Waals surface area contributed by atoms with Crippen LogP contribution in [0, 0.1) is 17.8 Å². The topological polar surface area (TPSA) is 80.6 Å². The standard InChI is InChI=1S/C23H32N2O5/c1-5-14-12-25-10-9-23(27)20-17(7-6-8-19(20)29-3)24-21(23)18(25)11-15(14)16(13-28-2)22(26)30-4/h6-8,14-16,18,27H,5,9-13H2,1-4H3/t14-,15+,16?,18+,23+/m1/s1. The minimum atomic E-state index is -1.12. The fraction of sp³-hybridized carbons (Fsp3) is 0.652. The molecule has 0 aliphatic carbocycles. The number of nitrogens with zero attached hydrogens (tertiary/aromatic N) is 2. The van der Waals surface area contributed by atoms with Gasteiger partial charge in [0.25, 0.3) is 0 Å². The molecule has 2 saturated heterocycles. The van der Waals surface area contributed by atoms with Crippen molar-refractivity contribution < 1.29 is 24.1 Å². The number of fused-ring (bicyclic) bond motifs is 5. The lowest BCUT2D eigenvalue weighted by atomic mass is 9.68. The average molecular weight is 417 g/mol. The van der Waals surface area contributed by atoms with Crippen molar-refractivity contribution in [2.45, 2.75) is 37.8 Å². The zero-order valence-electron chi connectivity index (χ0n) is 18.3. The molecule has 1 aromatic rings. The number of rotatable bonds is 6. The van der Waals surface area contributed by atoms with Crippen LogP contribution in [0.3, 0.4) is 0 Å². The first-order valence-electron chi connectivity index (χ1n) is 10.8. The van der Waals surface area contributed by atoms with Crippen molar-refractivity contribution in [3.05, 3.63) is 23.8 Å². The van der Waals surface area contributed by atoms with Crippen LogP contribution in [0.25, 0.3) is 0 Å². The zero-order valence-corrected chi connectivity index (χ0v) is 18.3. The van der Waals surface area contributed by atoms with E-state index in [-0.39, 0.29) is 23.8 Å². The smallest absolute Gasteiger partial charge is 0.311 e.